The number of hydrogen-bond donors (Lipinski definition) is 0. The molecule has 1 radical (unpaired) electrons. The highest BCUT2D eigenvalue weighted by atomic mass is 16.7. The minimum absolute atomic E-state index is 0.167. The quantitative estimate of drug-likeness (QED) is 0.589. The summed E-state index contributed by atoms with van der Waals surface area (Å²) in [6.45, 7) is 5.98. The summed E-state index contributed by atoms with van der Waals surface area (Å²) >= 11 is 0. The van der Waals surface area contributed by atoms with Gasteiger partial charge < -0.3 is 9.47 Å². The first-order valence-electron chi connectivity index (χ1n) is 3.83. The second kappa shape index (κ2) is 6.01. The molecule has 0 amide bonds. The highest BCUT2D eigenvalue weighted by Gasteiger charge is 2.07. The molecule has 0 aliphatic rings. The van der Waals surface area contributed by atoms with Gasteiger partial charge in [0.05, 0.1) is 6.61 Å². The Balaban J connectivity index is 3.36. The van der Waals surface area contributed by atoms with E-state index < -0.39 is 6.16 Å². The predicted molar refractivity (Wildman–Crippen MR) is 42.2 cm³/mol. The number of ether oxygens (including phenoxy) is 2. The van der Waals surface area contributed by atoms with E-state index in [1.165, 1.54) is 0 Å². The van der Waals surface area contributed by atoms with E-state index in [2.05, 4.69) is 4.74 Å². The van der Waals surface area contributed by atoms with Crippen LogP contribution in [0.1, 0.15) is 27.2 Å². The molecule has 0 heterocycles. The molecule has 0 saturated carbocycles. The lowest BCUT2D eigenvalue weighted by molar-refractivity contribution is 0.0382. The standard InChI is InChI=1S/C8H15O3/c1-4-6-10-8(9)11-7(3)5-2/h5,7H,4,6H2,1-3H3/t7-/m0/s1. The molecule has 0 aliphatic heterocycles. The average molecular weight is 159 g/mol. The SMILES string of the molecule is C[CH][C@H](C)OC(=O)OCCC. The van der Waals surface area contributed by atoms with Crippen molar-refractivity contribution in [1.82, 2.24) is 0 Å². The molecule has 0 unspecified atom stereocenters. The molecular weight excluding hydrogens is 144 g/mol. The molecule has 3 nitrogen and oxygen atoms in total. The van der Waals surface area contributed by atoms with Crippen molar-refractivity contribution in [3.8, 4) is 0 Å². The summed E-state index contributed by atoms with van der Waals surface area (Å²) in [5.74, 6) is 0. The number of hydrogen-bond acceptors (Lipinski definition) is 3. The molecule has 65 valence electrons. The summed E-state index contributed by atoms with van der Waals surface area (Å²) in [6, 6.07) is 0. The van der Waals surface area contributed by atoms with Crippen molar-refractivity contribution in [2.45, 2.75) is 33.3 Å². The monoisotopic (exact) mass is 159 g/mol. The molecule has 0 aromatic rings. The molecule has 0 aliphatic carbocycles. The summed E-state index contributed by atoms with van der Waals surface area (Å²) in [4.78, 5) is 10.7. The van der Waals surface area contributed by atoms with Crippen LogP contribution in [0, 0.1) is 6.42 Å². The largest absolute Gasteiger partial charge is 0.508 e. The van der Waals surface area contributed by atoms with Crippen LogP contribution in [0.3, 0.4) is 0 Å². The molecule has 3 heteroatoms. The maximum atomic E-state index is 10.7. The number of carbonyl (C=O) groups excluding carboxylic acids is 1. The minimum atomic E-state index is -0.586. The van der Waals surface area contributed by atoms with Gasteiger partial charge in [-0.15, -0.1) is 0 Å². The van der Waals surface area contributed by atoms with Crippen LogP contribution in [0.2, 0.25) is 0 Å². The molecule has 0 saturated heterocycles. The molecule has 0 rings (SSSR count). The number of carbonyl (C=O) groups is 1. The van der Waals surface area contributed by atoms with E-state index in [4.69, 9.17) is 4.74 Å². The fourth-order valence-electron chi connectivity index (χ4n) is 0.439. The lowest BCUT2D eigenvalue weighted by atomic mass is 10.3. The zero-order valence-corrected chi connectivity index (χ0v) is 7.29. The van der Waals surface area contributed by atoms with Gasteiger partial charge >= 0.3 is 6.16 Å². The van der Waals surface area contributed by atoms with E-state index in [0.717, 1.165) is 6.42 Å². The van der Waals surface area contributed by atoms with Crippen LogP contribution >= 0.6 is 0 Å². The Labute approximate surface area is 67.7 Å². The van der Waals surface area contributed by atoms with E-state index in [1.807, 2.05) is 13.8 Å². The molecule has 1 atom stereocenters. The molecule has 0 spiro atoms. The van der Waals surface area contributed by atoms with E-state index in [9.17, 15) is 4.79 Å². The molecule has 0 aromatic heterocycles. The molecular formula is C8H15O3. The Hall–Kier alpha value is -0.730. The lowest BCUT2D eigenvalue weighted by Crippen LogP contribution is -2.15. The maximum Gasteiger partial charge on any atom is 0.508 e. The average Bonchev–Trinajstić information content (AvgIpc) is 2.00. The molecule has 11 heavy (non-hydrogen) atoms. The van der Waals surface area contributed by atoms with Crippen LogP contribution in [0.5, 0.6) is 0 Å². The Morgan fingerprint density at radius 1 is 1.64 bits per heavy atom. The van der Waals surface area contributed by atoms with E-state index in [1.54, 1.807) is 13.3 Å². The summed E-state index contributed by atoms with van der Waals surface area (Å²) in [7, 11) is 0. The van der Waals surface area contributed by atoms with Gasteiger partial charge in [0.25, 0.3) is 0 Å². The Morgan fingerprint density at radius 2 is 2.27 bits per heavy atom. The minimum Gasteiger partial charge on any atom is -0.434 e. The van der Waals surface area contributed by atoms with Crippen molar-refractivity contribution >= 4 is 6.16 Å². The van der Waals surface area contributed by atoms with E-state index in [0.29, 0.717) is 6.61 Å². The van der Waals surface area contributed by atoms with Crippen molar-refractivity contribution in [2.75, 3.05) is 6.61 Å². The van der Waals surface area contributed by atoms with Crippen molar-refractivity contribution in [1.29, 1.82) is 0 Å². The molecule has 0 aromatic carbocycles. The van der Waals surface area contributed by atoms with Gasteiger partial charge in [-0.2, -0.15) is 0 Å². The molecule has 0 fully saturated rings. The van der Waals surface area contributed by atoms with Gasteiger partial charge in [-0.25, -0.2) is 4.79 Å². The summed E-state index contributed by atoms with van der Waals surface area (Å²) in [5.41, 5.74) is 0. The Morgan fingerprint density at radius 3 is 2.73 bits per heavy atom. The second-order valence-corrected chi connectivity index (χ2v) is 2.25. The van der Waals surface area contributed by atoms with Crippen LogP contribution < -0.4 is 0 Å². The van der Waals surface area contributed by atoms with Crippen LogP contribution in [0.15, 0.2) is 0 Å². The second-order valence-electron chi connectivity index (χ2n) is 2.25. The zero-order chi connectivity index (χ0) is 8.69. The van der Waals surface area contributed by atoms with Crippen LogP contribution in [0.4, 0.5) is 4.79 Å². The fraction of sp³-hybridized carbons (Fsp3) is 0.750. The van der Waals surface area contributed by atoms with Gasteiger partial charge in [-0.05, 0) is 19.8 Å². The first-order chi connectivity index (χ1) is 5.20. The van der Waals surface area contributed by atoms with Crippen molar-refractivity contribution in [3.63, 3.8) is 0 Å². The Bertz CT molecular complexity index is 112. The van der Waals surface area contributed by atoms with Gasteiger partial charge in [0, 0.05) is 0 Å². The normalized spacial score (nSPS) is 12.3. The Kier molecular flexibility index (Phi) is 5.61. The maximum absolute atomic E-state index is 10.7. The third-order valence-corrected chi connectivity index (χ3v) is 1.18. The highest BCUT2D eigenvalue weighted by Crippen LogP contribution is 1.97. The smallest absolute Gasteiger partial charge is 0.434 e. The van der Waals surface area contributed by atoms with Gasteiger partial charge in [0.15, 0.2) is 0 Å². The van der Waals surface area contributed by atoms with E-state index >= 15 is 0 Å². The molecule has 0 N–H and O–H groups in total. The lowest BCUT2D eigenvalue weighted by Gasteiger charge is -2.09. The zero-order valence-electron chi connectivity index (χ0n) is 7.29. The van der Waals surface area contributed by atoms with Crippen molar-refractivity contribution in [2.24, 2.45) is 0 Å². The first kappa shape index (κ1) is 10.3. The van der Waals surface area contributed by atoms with Crippen molar-refractivity contribution in [3.05, 3.63) is 6.42 Å². The summed E-state index contributed by atoms with van der Waals surface area (Å²) in [6.07, 6.45) is 1.85. The summed E-state index contributed by atoms with van der Waals surface area (Å²) < 4.78 is 9.47. The topological polar surface area (TPSA) is 35.5 Å². The van der Waals surface area contributed by atoms with E-state index in [-0.39, 0.29) is 6.10 Å². The third kappa shape index (κ3) is 5.70. The third-order valence-electron chi connectivity index (χ3n) is 1.18. The van der Waals surface area contributed by atoms with Crippen LogP contribution in [0.25, 0.3) is 0 Å². The summed E-state index contributed by atoms with van der Waals surface area (Å²) in [5, 5.41) is 0. The number of rotatable bonds is 4. The van der Waals surface area contributed by atoms with Gasteiger partial charge in [0.1, 0.15) is 6.10 Å². The fourth-order valence-corrected chi connectivity index (χ4v) is 0.439. The van der Waals surface area contributed by atoms with Crippen LogP contribution in [-0.2, 0) is 9.47 Å². The van der Waals surface area contributed by atoms with Crippen molar-refractivity contribution < 1.29 is 14.3 Å². The van der Waals surface area contributed by atoms with Gasteiger partial charge in [0.2, 0.25) is 0 Å². The highest BCUT2D eigenvalue weighted by molar-refractivity contribution is 5.60. The predicted octanol–water partition coefficient (Wildman–Crippen LogP) is 2.16. The first-order valence-corrected chi connectivity index (χ1v) is 3.83. The molecule has 0 bridgehead atoms. The van der Waals surface area contributed by atoms with Crippen LogP contribution in [-0.4, -0.2) is 18.9 Å². The van der Waals surface area contributed by atoms with Gasteiger partial charge in [-0.1, -0.05) is 13.8 Å². The van der Waals surface area contributed by atoms with Gasteiger partial charge in [-0.3, -0.25) is 0 Å².